The lowest BCUT2D eigenvalue weighted by molar-refractivity contribution is -0.337. The van der Waals surface area contributed by atoms with Gasteiger partial charge in [0.05, 0.1) is 45.7 Å². The standard InChI is InChI=1S/C49H76N4O22/c1-5-6-7-8-9-10-11-12-13-17-68-28-16-14-15-27(18-28)46(67)53-35-39(63)38(62)30(20-55)70-47(35)74-44-32(22-57)72-49(37(41(44)65)52-26(4)61)75-45-33(23-58)71-48(36(42(45)66)51-25(3)60)73-43-31(21-56)69-29(19-54)34(40(43)64)50-24(2)59/h10-11,14-16,18,29-40,42-43,45,47-49,54-58,62-66H,5-9,12-13,17,19-23H2,1-4H3,(H,50,59)(H,51,60)(H,52,61)(H,53,67)/b11-10-. The van der Waals surface area contributed by atoms with E-state index in [0.717, 1.165) is 46.5 Å². The Hall–Kier alpha value is -4.62. The lowest BCUT2D eigenvalue weighted by Crippen LogP contribution is -2.70. The molecule has 18 atom stereocenters. The molecule has 0 radical (unpaired) electrons. The maximum absolute atomic E-state index is 13.8. The van der Waals surface area contributed by atoms with Crippen LogP contribution in [0.3, 0.4) is 0 Å². The molecule has 3 fully saturated rings. The van der Waals surface area contributed by atoms with E-state index in [1.54, 1.807) is 12.1 Å². The van der Waals surface area contributed by atoms with Crippen molar-refractivity contribution in [1.29, 1.82) is 0 Å². The van der Waals surface area contributed by atoms with Crippen molar-refractivity contribution in [2.45, 2.75) is 183 Å². The molecule has 0 aromatic heterocycles. The summed E-state index contributed by atoms with van der Waals surface area (Å²) in [4.78, 5) is 51.1. The highest BCUT2D eigenvalue weighted by Gasteiger charge is 2.55. The molecule has 0 bridgehead atoms. The molecule has 1 aromatic rings. The molecule has 5 rings (SSSR count). The van der Waals surface area contributed by atoms with Crippen molar-refractivity contribution in [2.75, 3.05) is 39.6 Å². The number of hydrogen-bond acceptors (Lipinski definition) is 22. The van der Waals surface area contributed by atoms with E-state index < -0.39 is 178 Å². The first-order chi connectivity index (χ1) is 35.9. The van der Waals surface area contributed by atoms with Gasteiger partial charge < -0.3 is 110 Å². The Morgan fingerprint density at radius 2 is 1.17 bits per heavy atom. The minimum Gasteiger partial charge on any atom is -0.506 e. The molecule has 26 nitrogen and oxygen atoms in total. The number of allylic oxidation sites excluding steroid dienone is 2. The van der Waals surface area contributed by atoms with Gasteiger partial charge in [-0.15, -0.1) is 0 Å². The smallest absolute Gasteiger partial charge is 0.251 e. The highest BCUT2D eigenvalue weighted by molar-refractivity contribution is 5.94. The number of unbranched alkanes of at least 4 members (excludes halogenated alkanes) is 5. The van der Waals surface area contributed by atoms with E-state index in [1.807, 2.05) is 0 Å². The van der Waals surface area contributed by atoms with Gasteiger partial charge in [0.1, 0.15) is 91.0 Å². The summed E-state index contributed by atoms with van der Waals surface area (Å²) >= 11 is 0. The Morgan fingerprint density at radius 1 is 0.600 bits per heavy atom. The van der Waals surface area contributed by atoms with Gasteiger partial charge in [-0.3, -0.25) is 19.2 Å². The van der Waals surface area contributed by atoms with E-state index in [0.29, 0.717) is 12.4 Å². The summed E-state index contributed by atoms with van der Waals surface area (Å²) in [6.07, 6.45) is -11.9. The molecule has 0 aliphatic carbocycles. The van der Waals surface area contributed by atoms with Crippen molar-refractivity contribution in [3.8, 4) is 5.75 Å². The number of benzene rings is 1. The quantitative estimate of drug-likeness (QED) is 0.0323. The van der Waals surface area contributed by atoms with Crippen LogP contribution in [0.1, 0.15) is 83.0 Å². The minimum absolute atomic E-state index is 0.0710. The molecule has 18 unspecified atom stereocenters. The second-order valence-corrected chi connectivity index (χ2v) is 18.7. The number of carbonyl (C=O) groups is 4. The minimum atomic E-state index is -1.93. The summed E-state index contributed by atoms with van der Waals surface area (Å²) < 4.78 is 47.6. The van der Waals surface area contributed by atoms with Crippen LogP contribution in [0.5, 0.6) is 5.75 Å². The molecule has 75 heavy (non-hydrogen) atoms. The van der Waals surface area contributed by atoms with Crippen molar-refractivity contribution in [1.82, 2.24) is 21.3 Å². The van der Waals surface area contributed by atoms with E-state index in [2.05, 4.69) is 40.3 Å². The summed E-state index contributed by atoms with van der Waals surface area (Å²) in [5.41, 5.74) is 0.0710. The van der Waals surface area contributed by atoms with E-state index >= 15 is 0 Å². The number of rotatable bonds is 26. The Labute approximate surface area is 433 Å². The third-order valence-corrected chi connectivity index (χ3v) is 13.0. The molecule has 4 aliphatic heterocycles. The lowest BCUT2D eigenvalue weighted by atomic mass is 9.92. The fraction of sp³-hybridized carbons (Fsp3) is 0.714. The van der Waals surface area contributed by atoms with Gasteiger partial charge in [0.2, 0.25) is 24.0 Å². The van der Waals surface area contributed by atoms with Gasteiger partial charge >= 0.3 is 0 Å². The Morgan fingerprint density at radius 3 is 1.79 bits per heavy atom. The SMILES string of the molecule is CCCCCC/C=C\CCCOc1cccc(C(=O)NC2C(OC3=C(O)C(NC(C)=O)C(OC4C(CO)OC(OC5C(CO)OC(CO)C(NC(C)=O)C5O)C(NC(C)=O)C4O)OC3CO)OC(CO)C(O)C2O)c1. The van der Waals surface area contributed by atoms with Gasteiger partial charge in [-0.2, -0.15) is 0 Å². The number of ether oxygens (including phenoxy) is 8. The lowest BCUT2D eigenvalue weighted by Gasteiger charge is -2.49. The molecule has 0 spiro atoms. The number of aliphatic hydroxyl groups excluding tert-OH is 10. The van der Waals surface area contributed by atoms with Gasteiger partial charge in [0.25, 0.3) is 5.91 Å². The molecule has 14 N–H and O–H groups in total. The van der Waals surface area contributed by atoms with Crippen molar-refractivity contribution >= 4 is 23.6 Å². The van der Waals surface area contributed by atoms with Crippen LogP contribution in [0, 0.1) is 0 Å². The summed E-state index contributed by atoms with van der Waals surface area (Å²) in [7, 11) is 0. The zero-order chi connectivity index (χ0) is 54.9. The molecule has 424 valence electrons. The highest BCUT2D eigenvalue weighted by Crippen LogP contribution is 2.36. The predicted octanol–water partition coefficient (Wildman–Crippen LogP) is -3.11. The topological polar surface area (TPSA) is 393 Å². The fourth-order valence-corrected chi connectivity index (χ4v) is 9.18. The van der Waals surface area contributed by atoms with Crippen molar-refractivity contribution in [3.05, 3.63) is 53.5 Å². The summed E-state index contributed by atoms with van der Waals surface area (Å²) in [6, 6.07) is -0.163. The van der Waals surface area contributed by atoms with Gasteiger partial charge in [0.15, 0.2) is 24.1 Å². The second kappa shape index (κ2) is 29.8. The fourth-order valence-electron chi connectivity index (χ4n) is 9.18. The van der Waals surface area contributed by atoms with Crippen LogP contribution in [0.15, 0.2) is 47.9 Å². The average Bonchev–Trinajstić information content (AvgIpc) is 3.38. The van der Waals surface area contributed by atoms with E-state index in [9.17, 15) is 70.2 Å². The van der Waals surface area contributed by atoms with Gasteiger partial charge in [-0.25, -0.2) is 0 Å². The summed E-state index contributed by atoms with van der Waals surface area (Å²) in [5.74, 6) is -4.10. The first-order valence-corrected chi connectivity index (χ1v) is 25.2. The Kier molecular flexibility index (Phi) is 24.3. The normalized spacial score (nSPS) is 34.1. The summed E-state index contributed by atoms with van der Waals surface area (Å²) in [5, 5.41) is 119. The molecule has 26 heteroatoms. The third kappa shape index (κ3) is 16.2. The molecular formula is C49H76N4O22. The number of aliphatic hydroxyl groups is 10. The van der Waals surface area contributed by atoms with Gasteiger partial charge in [-0.1, -0.05) is 44.4 Å². The third-order valence-electron chi connectivity index (χ3n) is 13.0. The number of amides is 4. The molecule has 4 amide bonds. The van der Waals surface area contributed by atoms with Crippen LogP contribution in [0.25, 0.3) is 0 Å². The second-order valence-electron chi connectivity index (χ2n) is 18.7. The Bertz CT molecular complexity index is 2050. The zero-order valence-electron chi connectivity index (χ0n) is 42.4. The van der Waals surface area contributed by atoms with Crippen LogP contribution in [-0.2, 0) is 47.5 Å². The molecule has 1 aromatic carbocycles. The molecular weight excluding hydrogens is 997 g/mol. The molecule has 4 heterocycles. The summed E-state index contributed by atoms with van der Waals surface area (Å²) in [6.45, 7) is 1.54. The maximum Gasteiger partial charge on any atom is 0.251 e. The van der Waals surface area contributed by atoms with Crippen molar-refractivity contribution < 1.29 is 108 Å². The van der Waals surface area contributed by atoms with Gasteiger partial charge in [0, 0.05) is 26.3 Å². The maximum atomic E-state index is 13.8. The zero-order valence-corrected chi connectivity index (χ0v) is 42.4. The van der Waals surface area contributed by atoms with E-state index in [-0.39, 0.29) is 5.56 Å². The number of nitrogens with one attached hydrogen (secondary N) is 4. The molecule has 3 saturated heterocycles. The Balaban J connectivity index is 1.36. The monoisotopic (exact) mass is 1070 g/mol. The van der Waals surface area contributed by atoms with Crippen molar-refractivity contribution in [2.24, 2.45) is 0 Å². The van der Waals surface area contributed by atoms with E-state index in [1.165, 1.54) is 31.4 Å². The van der Waals surface area contributed by atoms with Crippen LogP contribution in [-0.4, -0.2) is 225 Å². The highest BCUT2D eigenvalue weighted by atomic mass is 16.7. The van der Waals surface area contributed by atoms with E-state index in [4.69, 9.17) is 37.9 Å². The van der Waals surface area contributed by atoms with Crippen molar-refractivity contribution in [3.63, 3.8) is 0 Å². The van der Waals surface area contributed by atoms with Crippen LogP contribution >= 0.6 is 0 Å². The molecule has 0 saturated carbocycles. The number of carbonyl (C=O) groups excluding carboxylic acids is 4. The van der Waals surface area contributed by atoms with Crippen LogP contribution < -0.4 is 26.0 Å². The van der Waals surface area contributed by atoms with Gasteiger partial charge in [-0.05, 0) is 43.9 Å². The first-order valence-electron chi connectivity index (χ1n) is 25.2. The predicted molar refractivity (Wildman–Crippen MR) is 258 cm³/mol. The average molecular weight is 1070 g/mol. The largest absolute Gasteiger partial charge is 0.506 e. The first kappa shape index (κ1) is 61.2. The number of hydrogen-bond donors (Lipinski definition) is 14. The molecule has 4 aliphatic rings. The van der Waals surface area contributed by atoms with Crippen LogP contribution in [0.2, 0.25) is 0 Å². The van der Waals surface area contributed by atoms with Crippen LogP contribution in [0.4, 0.5) is 0 Å².